The fourth-order valence-corrected chi connectivity index (χ4v) is 4.65. The van der Waals surface area contributed by atoms with Crippen molar-refractivity contribution in [3.8, 4) is 16.9 Å². The van der Waals surface area contributed by atoms with Crippen LogP contribution in [-0.4, -0.2) is 18.1 Å². The average molecular weight is 460 g/mol. The monoisotopic (exact) mass is 459 g/mol. The van der Waals surface area contributed by atoms with Gasteiger partial charge in [0.1, 0.15) is 11.9 Å². The van der Waals surface area contributed by atoms with Gasteiger partial charge >= 0.3 is 0 Å². The van der Waals surface area contributed by atoms with E-state index in [0.29, 0.717) is 22.3 Å². The molecule has 4 nitrogen and oxygen atoms in total. The molecule has 3 N–H and O–H groups in total. The van der Waals surface area contributed by atoms with E-state index in [2.05, 4.69) is 34.6 Å². The molecule has 162 valence electrons. The summed E-state index contributed by atoms with van der Waals surface area (Å²) in [4.78, 5) is 4.28. The smallest absolute Gasteiger partial charge is 0.166 e. The van der Waals surface area contributed by atoms with Crippen LogP contribution in [-0.2, 0) is 0 Å². The van der Waals surface area contributed by atoms with Gasteiger partial charge in [-0.1, -0.05) is 47.5 Å². The molecule has 0 bridgehead atoms. The molecule has 1 aromatic heterocycles. The molecule has 0 spiro atoms. The molecule has 1 fully saturated rings. The van der Waals surface area contributed by atoms with E-state index in [1.54, 1.807) is 13.1 Å². The number of piperidine rings is 1. The number of hydrogen-bond donors (Lipinski definition) is 2. The van der Waals surface area contributed by atoms with Crippen LogP contribution in [0.5, 0.6) is 5.75 Å². The number of benzene rings is 2. The van der Waals surface area contributed by atoms with E-state index in [1.165, 1.54) is 17.7 Å². The number of nitrogens with one attached hydrogen (secondary N) is 1. The predicted molar refractivity (Wildman–Crippen MR) is 124 cm³/mol. The molecule has 4 rings (SSSR count). The summed E-state index contributed by atoms with van der Waals surface area (Å²) in [5.41, 5.74) is 9.67. The minimum atomic E-state index is -0.614. The predicted octanol–water partition coefficient (Wildman–Crippen LogP) is 6.38. The van der Waals surface area contributed by atoms with E-state index in [0.717, 1.165) is 37.1 Å². The largest absolute Gasteiger partial charge is 0.482 e. The second-order valence-corrected chi connectivity index (χ2v) is 8.56. The standard InChI is InChI=1S/C24H24Cl2FN3O/c1-14(22-19(25)6-7-20(27)23(22)26)31-21-12-18(13-30-24(21)28)16-4-2-15(3-5-16)17-8-10-29-11-9-17/h2-7,12-14,17,29H,8-11H2,1H3,(H2,28,30). The molecule has 1 atom stereocenters. The van der Waals surface area contributed by atoms with Crippen molar-refractivity contribution in [2.24, 2.45) is 0 Å². The Hall–Kier alpha value is -2.34. The van der Waals surface area contributed by atoms with Gasteiger partial charge in [0, 0.05) is 22.3 Å². The molecule has 1 saturated heterocycles. The molecule has 1 aliphatic rings. The molecule has 0 radical (unpaired) electrons. The van der Waals surface area contributed by atoms with Gasteiger partial charge < -0.3 is 15.8 Å². The molecule has 31 heavy (non-hydrogen) atoms. The fourth-order valence-electron chi connectivity index (χ4n) is 3.98. The summed E-state index contributed by atoms with van der Waals surface area (Å²) in [5.74, 6) is 0.681. The minimum absolute atomic E-state index is 0.0591. The number of pyridine rings is 1. The Kier molecular flexibility index (Phi) is 6.65. The molecule has 0 saturated carbocycles. The highest BCUT2D eigenvalue weighted by molar-refractivity contribution is 6.36. The third-order valence-corrected chi connectivity index (χ3v) is 6.44. The molecule has 0 amide bonds. The first-order chi connectivity index (χ1) is 14.9. The van der Waals surface area contributed by atoms with Gasteiger partial charge in [0.15, 0.2) is 11.6 Å². The maximum atomic E-state index is 13.9. The van der Waals surface area contributed by atoms with Crippen molar-refractivity contribution in [1.82, 2.24) is 10.3 Å². The summed E-state index contributed by atoms with van der Waals surface area (Å²) >= 11 is 12.3. The molecule has 2 heterocycles. The highest BCUT2D eigenvalue weighted by Gasteiger charge is 2.20. The number of nitrogens with two attached hydrogens (primary N) is 1. The third kappa shape index (κ3) is 4.79. The van der Waals surface area contributed by atoms with Gasteiger partial charge in [0.2, 0.25) is 0 Å². The van der Waals surface area contributed by atoms with Gasteiger partial charge in [-0.25, -0.2) is 9.37 Å². The van der Waals surface area contributed by atoms with Crippen molar-refractivity contribution in [2.45, 2.75) is 31.8 Å². The first kappa shape index (κ1) is 21.9. The van der Waals surface area contributed by atoms with E-state index in [9.17, 15) is 4.39 Å². The molecular formula is C24H24Cl2FN3O. The van der Waals surface area contributed by atoms with E-state index in [4.69, 9.17) is 33.7 Å². The van der Waals surface area contributed by atoms with Crippen LogP contribution in [0.4, 0.5) is 10.2 Å². The Balaban J connectivity index is 1.57. The lowest BCUT2D eigenvalue weighted by atomic mass is 9.89. The summed E-state index contributed by atoms with van der Waals surface area (Å²) in [7, 11) is 0. The Morgan fingerprint density at radius 1 is 1.10 bits per heavy atom. The van der Waals surface area contributed by atoms with E-state index < -0.39 is 11.9 Å². The van der Waals surface area contributed by atoms with Crippen LogP contribution < -0.4 is 15.8 Å². The molecular weight excluding hydrogens is 436 g/mol. The topological polar surface area (TPSA) is 60.2 Å². The number of aromatic nitrogens is 1. The number of halogens is 3. The van der Waals surface area contributed by atoms with E-state index in [1.807, 2.05) is 6.07 Å². The van der Waals surface area contributed by atoms with Crippen LogP contribution in [0.25, 0.3) is 11.1 Å². The maximum Gasteiger partial charge on any atom is 0.166 e. The van der Waals surface area contributed by atoms with Crippen molar-refractivity contribution in [1.29, 1.82) is 0 Å². The molecule has 3 aromatic rings. The van der Waals surface area contributed by atoms with Crippen LogP contribution >= 0.6 is 23.2 Å². The summed E-state index contributed by atoms with van der Waals surface area (Å²) in [6, 6.07) is 13.1. The summed E-state index contributed by atoms with van der Waals surface area (Å²) in [6.45, 7) is 3.87. The lowest BCUT2D eigenvalue weighted by Gasteiger charge is -2.23. The zero-order valence-electron chi connectivity index (χ0n) is 17.2. The third-order valence-electron chi connectivity index (χ3n) is 5.73. The Morgan fingerprint density at radius 2 is 1.81 bits per heavy atom. The second kappa shape index (κ2) is 9.43. The number of anilines is 1. The number of nitrogens with zero attached hydrogens (tertiary/aromatic N) is 1. The van der Waals surface area contributed by atoms with Crippen molar-refractivity contribution in [3.63, 3.8) is 0 Å². The van der Waals surface area contributed by atoms with E-state index in [-0.39, 0.29) is 10.8 Å². The minimum Gasteiger partial charge on any atom is -0.482 e. The summed E-state index contributed by atoms with van der Waals surface area (Å²) in [5, 5.41) is 3.67. The average Bonchev–Trinajstić information content (AvgIpc) is 2.79. The second-order valence-electron chi connectivity index (χ2n) is 7.77. The first-order valence-corrected chi connectivity index (χ1v) is 11.1. The molecule has 1 aliphatic heterocycles. The van der Waals surface area contributed by atoms with Crippen LogP contribution in [0.3, 0.4) is 0 Å². The zero-order valence-corrected chi connectivity index (χ0v) is 18.7. The molecule has 7 heteroatoms. The quantitative estimate of drug-likeness (QED) is 0.434. The van der Waals surface area contributed by atoms with Crippen LogP contribution in [0.1, 0.15) is 42.9 Å². The number of nitrogen functional groups attached to an aromatic ring is 1. The fraction of sp³-hybridized carbons (Fsp3) is 0.292. The van der Waals surface area contributed by atoms with Crippen molar-refractivity contribution in [3.05, 3.63) is 75.7 Å². The maximum absolute atomic E-state index is 13.9. The lowest BCUT2D eigenvalue weighted by molar-refractivity contribution is 0.227. The number of ether oxygens (including phenoxy) is 1. The summed E-state index contributed by atoms with van der Waals surface area (Å²) in [6.07, 6.45) is 3.42. The van der Waals surface area contributed by atoms with Crippen molar-refractivity contribution in [2.75, 3.05) is 18.8 Å². The van der Waals surface area contributed by atoms with Crippen LogP contribution in [0.2, 0.25) is 10.0 Å². The van der Waals surface area contributed by atoms with Gasteiger partial charge in [-0.05, 0) is 68.1 Å². The molecule has 2 aromatic carbocycles. The molecule has 0 aliphatic carbocycles. The SMILES string of the molecule is CC(Oc1cc(-c2ccc(C3CCNCC3)cc2)cnc1N)c1c(Cl)ccc(F)c1Cl. The van der Waals surface area contributed by atoms with Crippen LogP contribution in [0.15, 0.2) is 48.7 Å². The van der Waals surface area contributed by atoms with Crippen LogP contribution in [0, 0.1) is 5.82 Å². The van der Waals surface area contributed by atoms with Crippen molar-refractivity contribution < 1.29 is 9.13 Å². The van der Waals surface area contributed by atoms with E-state index >= 15 is 0 Å². The van der Waals surface area contributed by atoms with Gasteiger partial charge in [-0.3, -0.25) is 0 Å². The van der Waals surface area contributed by atoms with Gasteiger partial charge in [0.25, 0.3) is 0 Å². The number of hydrogen-bond acceptors (Lipinski definition) is 4. The van der Waals surface area contributed by atoms with Gasteiger partial charge in [-0.15, -0.1) is 0 Å². The highest BCUT2D eigenvalue weighted by Crippen LogP contribution is 2.37. The van der Waals surface area contributed by atoms with Gasteiger partial charge in [-0.2, -0.15) is 0 Å². The lowest BCUT2D eigenvalue weighted by Crippen LogP contribution is -2.26. The molecule has 1 unspecified atom stereocenters. The normalized spacial score (nSPS) is 15.6. The zero-order chi connectivity index (χ0) is 22.0. The van der Waals surface area contributed by atoms with Gasteiger partial charge in [0.05, 0.1) is 5.02 Å². The summed E-state index contributed by atoms with van der Waals surface area (Å²) < 4.78 is 19.9. The van der Waals surface area contributed by atoms with Crippen molar-refractivity contribution >= 4 is 29.0 Å². The number of rotatable bonds is 5. The Labute approximate surface area is 191 Å². The Bertz CT molecular complexity index is 1070. The first-order valence-electron chi connectivity index (χ1n) is 10.3. The Morgan fingerprint density at radius 3 is 2.52 bits per heavy atom. The highest BCUT2D eigenvalue weighted by atomic mass is 35.5.